The minimum absolute atomic E-state index is 0.238. The molecular weight excluding hydrogens is 428 g/mol. The van der Waals surface area contributed by atoms with Gasteiger partial charge in [0.25, 0.3) is 0 Å². The molecule has 0 unspecified atom stereocenters. The fraction of sp³-hybridized carbons (Fsp3) is 0.0303. The van der Waals surface area contributed by atoms with E-state index in [1.807, 2.05) is 84.9 Å². The van der Waals surface area contributed by atoms with Crippen molar-refractivity contribution in [1.29, 1.82) is 0 Å². The smallest absolute Gasteiger partial charge is 0.128 e. The molecule has 0 fully saturated rings. The van der Waals surface area contributed by atoms with Gasteiger partial charge in [-0.2, -0.15) is 0 Å². The van der Waals surface area contributed by atoms with Crippen LogP contribution >= 0.6 is 0 Å². The lowest BCUT2D eigenvalue weighted by Crippen LogP contribution is -2.29. The highest BCUT2D eigenvalue weighted by Gasteiger charge is 2.49. The van der Waals surface area contributed by atoms with E-state index in [0.29, 0.717) is 0 Å². The van der Waals surface area contributed by atoms with Gasteiger partial charge in [0.15, 0.2) is 0 Å². The maximum absolute atomic E-state index is 11.8. The Hall–Kier alpha value is -4.56. The van der Waals surface area contributed by atoms with Crippen LogP contribution in [0, 0.1) is 0 Å². The Balaban J connectivity index is 1.71. The third kappa shape index (κ3) is 2.54. The molecule has 0 aliphatic heterocycles. The van der Waals surface area contributed by atoms with Crippen LogP contribution in [0.3, 0.4) is 0 Å². The predicted molar refractivity (Wildman–Crippen MR) is 142 cm³/mol. The van der Waals surface area contributed by atoms with E-state index in [9.17, 15) is 10.2 Å². The summed E-state index contributed by atoms with van der Waals surface area (Å²) < 4.78 is 0. The van der Waals surface area contributed by atoms with Crippen molar-refractivity contribution in [3.8, 4) is 22.6 Å². The van der Waals surface area contributed by atoms with Gasteiger partial charge in [0, 0.05) is 21.9 Å². The van der Waals surface area contributed by atoms with E-state index in [1.165, 1.54) is 0 Å². The summed E-state index contributed by atoms with van der Waals surface area (Å²) in [4.78, 5) is 0. The zero-order valence-corrected chi connectivity index (χ0v) is 18.9. The second-order valence-corrected chi connectivity index (χ2v) is 9.21. The topological polar surface area (TPSA) is 40.5 Å². The molecule has 166 valence electrons. The Kier molecular flexibility index (Phi) is 4.10. The number of phenolic OH excluding ortho intramolecular Hbond substituents is 2. The van der Waals surface area contributed by atoms with E-state index in [0.717, 1.165) is 54.9 Å². The Morgan fingerprint density at radius 3 is 1.26 bits per heavy atom. The van der Waals surface area contributed by atoms with Gasteiger partial charge in [-0.15, -0.1) is 0 Å². The number of fused-ring (bicyclic) bond motifs is 5. The van der Waals surface area contributed by atoms with Crippen molar-refractivity contribution in [3.63, 3.8) is 0 Å². The maximum atomic E-state index is 11.8. The van der Waals surface area contributed by atoms with Crippen molar-refractivity contribution in [2.24, 2.45) is 0 Å². The molecule has 0 aromatic heterocycles. The highest BCUT2D eigenvalue weighted by Crippen LogP contribution is 2.60. The Bertz CT molecular complexity index is 1650. The van der Waals surface area contributed by atoms with Gasteiger partial charge in [0.05, 0.1) is 5.41 Å². The van der Waals surface area contributed by atoms with Crippen molar-refractivity contribution in [2.75, 3.05) is 0 Å². The third-order valence-electron chi connectivity index (χ3n) is 7.56. The first-order valence-electron chi connectivity index (χ1n) is 11.8. The van der Waals surface area contributed by atoms with Crippen LogP contribution in [0.4, 0.5) is 0 Å². The minimum atomic E-state index is -0.880. The van der Waals surface area contributed by atoms with Gasteiger partial charge in [-0.3, -0.25) is 0 Å². The van der Waals surface area contributed by atoms with Crippen molar-refractivity contribution in [1.82, 2.24) is 0 Å². The quantitative estimate of drug-likeness (QED) is 0.282. The molecular formula is C33H22O2. The monoisotopic (exact) mass is 450 g/mol. The second kappa shape index (κ2) is 7.22. The first-order valence-corrected chi connectivity index (χ1v) is 11.8. The van der Waals surface area contributed by atoms with Crippen LogP contribution in [0.1, 0.15) is 22.3 Å². The number of hydrogen-bond donors (Lipinski definition) is 2. The molecule has 6 aromatic carbocycles. The fourth-order valence-electron chi connectivity index (χ4n) is 6.08. The number of hydrogen-bond acceptors (Lipinski definition) is 2. The van der Waals surface area contributed by atoms with Gasteiger partial charge >= 0.3 is 0 Å². The predicted octanol–water partition coefficient (Wildman–Crippen LogP) is 7.77. The molecule has 0 saturated heterocycles. The maximum Gasteiger partial charge on any atom is 0.128 e. The second-order valence-electron chi connectivity index (χ2n) is 9.21. The Morgan fingerprint density at radius 1 is 0.371 bits per heavy atom. The summed E-state index contributed by atoms with van der Waals surface area (Å²) in [5.41, 5.74) is 4.98. The zero-order valence-electron chi connectivity index (χ0n) is 18.9. The van der Waals surface area contributed by atoms with E-state index in [1.54, 1.807) is 0 Å². The SMILES string of the molecule is Oc1c(C2(c3ccc4ccccc4c3O)c3ccccc3-c3ccccc32)ccc2ccccc12. The van der Waals surface area contributed by atoms with Gasteiger partial charge in [-0.1, -0.05) is 121 Å². The summed E-state index contributed by atoms with van der Waals surface area (Å²) in [7, 11) is 0. The van der Waals surface area contributed by atoms with Crippen LogP contribution in [0.5, 0.6) is 11.5 Å². The van der Waals surface area contributed by atoms with Crippen molar-refractivity contribution in [3.05, 3.63) is 144 Å². The van der Waals surface area contributed by atoms with Crippen LogP contribution in [0.25, 0.3) is 32.7 Å². The van der Waals surface area contributed by atoms with E-state index >= 15 is 0 Å². The zero-order chi connectivity index (χ0) is 23.6. The highest BCUT2D eigenvalue weighted by atomic mass is 16.3. The number of rotatable bonds is 2. The summed E-state index contributed by atoms with van der Waals surface area (Å²) >= 11 is 0. The molecule has 0 radical (unpaired) electrons. The fourth-order valence-corrected chi connectivity index (χ4v) is 6.08. The molecule has 2 heteroatoms. The standard InChI is InChI=1S/C33H22O2/c34-31-23-11-3-1-9-21(23)17-19-29(31)33(30-20-18-22-10-2-4-12-24(22)32(30)35)27-15-7-5-13-25(27)26-14-6-8-16-28(26)33/h1-20,34-35H. The lowest BCUT2D eigenvalue weighted by Gasteiger charge is -2.35. The molecule has 1 aliphatic carbocycles. The number of aromatic hydroxyl groups is 2. The molecule has 7 rings (SSSR count). The number of phenols is 2. The molecule has 0 atom stereocenters. The van der Waals surface area contributed by atoms with Gasteiger partial charge < -0.3 is 10.2 Å². The molecule has 35 heavy (non-hydrogen) atoms. The van der Waals surface area contributed by atoms with E-state index in [2.05, 4.69) is 36.4 Å². The Labute approximate surface area is 203 Å². The average Bonchev–Trinajstić information content (AvgIpc) is 3.21. The molecule has 6 aromatic rings. The first-order chi connectivity index (χ1) is 17.2. The molecule has 0 bridgehead atoms. The van der Waals surface area contributed by atoms with Crippen molar-refractivity contribution < 1.29 is 10.2 Å². The average molecular weight is 451 g/mol. The summed E-state index contributed by atoms with van der Waals surface area (Å²) in [6.45, 7) is 0. The van der Waals surface area contributed by atoms with Crippen LogP contribution < -0.4 is 0 Å². The van der Waals surface area contributed by atoms with E-state index in [4.69, 9.17) is 0 Å². The molecule has 2 nitrogen and oxygen atoms in total. The molecule has 0 heterocycles. The molecule has 2 N–H and O–H groups in total. The van der Waals surface area contributed by atoms with Gasteiger partial charge in [-0.05, 0) is 33.0 Å². The summed E-state index contributed by atoms with van der Waals surface area (Å²) in [6.07, 6.45) is 0. The van der Waals surface area contributed by atoms with E-state index in [-0.39, 0.29) is 11.5 Å². The van der Waals surface area contributed by atoms with Crippen LogP contribution in [0.2, 0.25) is 0 Å². The van der Waals surface area contributed by atoms with Crippen LogP contribution in [-0.2, 0) is 5.41 Å². The third-order valence-corrected chi connectivity index (χ3v) is 7.56. The molecule has 0 amide bonds. The highest BCUT2D eigenvalue weighted by molar-refractivity contribution is 5.96. The molecule has 0 saturated carbocycles. The van der Waals surface area contributed by atoms with Gasteiger partial charge in [0.2, 0.25) is 0 Å². The van der Waals surface area contributed by atoms with Gasteiger partial charge in [0.1, 0.15) is 11.5 Å². The lowest BCUT2D eigenvalue weighted by atomic mass is 9.66. The minimum Gasteiger partial charge on any atom is -0.507 e. The summed E-state index contributed by atoms with van der Waals surface area (Å²) in [5.74, 6) is 0.476. The normalized spacial score (nSPS) is 13.6. The number of benzene rings is 6. The largest absolute Gasteiger partial charge is 0.507 e. The Morgan fingerprint density at radius 2 is 0.771 bits per heavy atom. The summed E-state index contributed by atoms with van der Waals surface area (Å²) in [6, 6.07) is 40.6. The van der Waals surface area contributed by atoms with Crippen molar-refractivity contribution in [2.45, 2.75) is 5.41 Å². The molecule has 0 spiro atoms. The van der Waals surface area contributed by atoms with Crippen LogP contribution in [-0.4, -0.2) is 10.2 Å². The van der Waals surface area contributed by atoms with Crippen LogP contribution in [0.15, 0.2) is 121 Å². The summed E-state index contributed by atoms with van der Waals surface area (Å²) in [5, 5.41) is 27.2. The van der Waals surface area contributed by atoms with E-state index < -0.39 is 5.41 Å². The lowest BCUT2D eigenvalue weighted by molar-refractivity contribution is 0.455. The molecule has 1 aliphatic rings. The van der Waals surface area contributed by atoms with Crippen molar-refractivity contribution >= 4 is 21.5 Å². The van der Waals surface area contributed by atoms with Gasteiger partial charge in [-0.25, -0.2) is 0 Å². The first kappa shape index (κ1) is 19.9.